The molecule has 0 radical (unpaired) electrons. The van der Waals surface area contributed by atoms with Crippen LogP contribution in [-0.4, -0.2) is 217 Å². The number of hydrogen-bond donors (Lipinski definition) is 5. The lowest BCUT2D eigenvalue weighted by atomic mass is 9.75. The molecule has 15 atom stereocenters. The number of rotatable bonds is 17. The van der Waals surface area contributed by atoms with Gasteiger partial charge >= 0.3 is 0 Å². The molecule has 5 fully saturated rings. The van der Waals surface area contributed by atoms with E-state index in [1.165, 1.54) is 52.5 Å². The maximum absolute atomic E-state index is 11.2. The van der Waals surface area contributed by atoms with Crippen molar-refractivity contribution in [1.82, 2.24) is 24.5 Å². The van der Waals surface area contributed by atoms with Gasteiger partial charge in [0.05, 0.1) is 123 Å². The Balaban J connectivity index is 0.000000208. The average molecular weight is 1700 g/mol. The molecule has 0 amide bonds. The molecule has 5 aromatic rings. The fourth-order valence-electron chi connectivity index (χ4n) is 16.3. The van der Waals surface area contributed by atoms with E-state index in [-0.39, 0.29) is 124 Å². The number of benzene rings is 5. The molecule has 0 aliphatic carbocycles. The number of ether oxygens (including phenoxy) is 10. The zero-order valence-corrected chi connectivity index (χ0v) is 68.9. The minimum absolute atomic E-state index is 0.0187. The Bertz CT molecular complexity index is 6720. The summed E-state index contributed by atoms with van der Waals surface area (Å²) in [5, 5.41) is 55.0. The summed E-state index contributed by atoms with van der Waals surface area (Å²) in [6.45, 7) is -26.1. The van der Waals surface area contributed by atoms with Crippen LogP contribution in [0.3, 0.4) is 0 Å². The van der Waals surface area contributed by atoms with Crippen LogP contribution in [0.4, 0.5) is 0 Å². The summed E-state index contributed by atoms with van der Waals surface area (Å²) >= 11 is 0. The summed E-state index contributed by atoms with van der Waals surface area (Å²) in [6, 6.07) is -10.5. The van der Waals surface area contributed by atoms with Gasteiger partial charge in [0.15, 0.2) is 57.5 Å². The standard InChI is InChI=1S/3C20H31NO3.2C19H29NO3/c3*1-20(2,3)11-14-12-21-7-6-13-8-18(23-4)19(24-5)9-15(13)16(21)10-17(14)22;2*1-12(2)7-14-11-20-6-5-13-8-18(22-3)19(23-4)9-15(13)16(20)10-17(14)21/h3*8-9,14,16-17,22H,6-7,10-12H2,1-5H3;2*8-9,12,14,16-17,21H,5-7,10-11H2,1-4H3/i1D3,2D3,5D3,6D2,7D2,8D,9D,11D2;2*1D3,2D3,6D2,7D2,8D,9D,11D2;4D3,5D2,6D2,8D,9D;5D2,6D2,8D,9D. The van der Waals surface area contributed by atoms with E-state index in [2.05, 4.69) is 0 Å². The number of aliphatic hydroxyl groups is 5. The van der Waals surface area contributed by atoms with Gasteiger partial charge in [0.25, 0.3) is 0 Å². The number of nitrogens with zero attached hydrogens (tertiary/aromatic N) is 5. The lowest BCUT2D eigenvalue weighted by molar-refractivity contribution is -0.0259. The molecule has 10 aliphatic heterocycles. The zero-order valence-electron chi connectivity index (χ0n) is 129. The maximum atomic E-state index is 11.2. The minimum atomic E-state index is -3.41. The summed E-state index contributed by atoms with van der Waals surface area (Å²) < 4.78 is 550. The van der Waals surface area contributed by atoms with Crippen LogP contribution in [0, 0.1) is 57.7 Å². The number of aliphatic hydroxyl groups excluding tert-OH is 5. The predicted octanol–water partition coefficient (Wildman–Crippen LogP) is 16.3. The Kier molecular flexibility index (Phi) is 14.0. The van der Waals surface area contributed by atoms with Gasteiger partial charge in [-0.3, -0.25) is 24.5 Å². The van der Waals surface area contributed by atoms with Crippen molar-refractivity contribution < 1.29 is 155 Å². The van der Waals surface area contributed by atoms with Crippen molar-refractivity contribution in [1.29, 1.82) is 0 Å². The molecule has 15 rings (SSSR count). The fourth-order valence-corrected chi connectivity index (χ4v) is 16.3. The smallest absolute Gasteiger partial charge is 0.161 e. The number of methoxy groups -OCH3 is 10. The molecule has 20 nitrogen and oxygen atoms in total. The van der Waals surface area contributed by atoms with Crippen molar-refractivity contribution in [2.24, 2.45) is 57.7 Å². The summed E-state index contributed by atoms with van der Waals surface area (Å²) in [5.41, 5.74) is -11.7. The highest BCUT2D eigenvalue weighted by atomic mass is 16.5. The highest BCUT2D eigenvalue weighted by molar-refractivity contribution is 5.54. The quantitative estimate of drug-likeness (QED) is 0.0586. The molecule has 658 valence electrons. The van der Waals surface area contributed by atoms with E-state index in [9.17, 15) is 25.5 Å². The first kappa shape index (κ1) is 41.5. The van der Waals surface area contributed by atoms with E-state index < -0.39 is 366 Å². The van der Waals surface area contributed by atoms with Gasteiger partial charge in [-0.2, -0.15) is 0 Å². The number of fused-ring (bicyclic) bond motifs is 15. The number of piperidine rings is 5. The predicted molar refractivity (Wildman–Crippen MR) is 470 cm³/mol. The molecule has 5 aromatic carbocycles. The average Bonchev–Trinajstić information content (AvgIpc) is 0.679. The minimum Gasteiger partial charge on any atom is -0.493 e. The highest BCUT2D eigenvalue weighted by Gasteiger charge is 2.46. The van der Waals surface area contributed by atoms with E-state index in [0.29, 0.717) is 25.7 Å². The molecule has 0 saturated carbocycles. The Morgan fingerprint density at radius 3 is 0.703 bits per heavy atom. The van der Waals surface area contributed by atoms with Gasteiger partial charge in [-0.1, -0.05) is 89.6 Å². The molecular weight excluding hydrogens is 1490 g/mol. The van der Waals surface area contributed by atoms with Crippen LogP contribution in [0.25, 0.3) is 0 Å². The molecule has 118 heavy (non-hydrogen) atoms. The number of hydrogen-bond acceptors (Lipinski definition) is 20. The Morgan fingerprint density at radius 2 is 0.517 bits per heavy atom. The van der Waals surface area contributed by atoms with Crippen molar-refractivity contribution in [2.45, 2.75) is 246 Å². The van der Waals surface area contributed by atoms with Gasteiger partial charge in [-0.25, -0.2) is 0 Å². The van der Waals surface area contributed by atoms with Crippen molar-refractivity contribution >= 4 is 0 Å². The summed E-state index contributed by atoms with van der Waals surface area (Å²) in [5.74, 6) is -8.70. The molecule has 20 heteroatoms. The second-order valence-electron chi connectivity index (χ2n) is 31.8. The van der Waals surface area contributed by atoms with Crippen LogP contribution in [0.15, 0.2) is 60.4 Å². The second kappa shape index (κ2) is 39.9. The molecular formula is C98H151N5O15. The van der Waals surface area contributed by atoms with E-state index in [1.807, 2.05) is 27.7 Å². The van der Waals surface area contributed by atoms with Crippen molar-refractivity contribution in [2.75, 3.05) is 136 Å². The maximum Gasteiger partial charge on any atom is 0.161 e. The van der Waals surface area contributed by atoms with Gasteiger partial charge < -0.3 is 72.9 Å². The molecule has 0 bridgehead atoms. The lowest BCUT2D eigenvalue weighted by Gasteiger charge is -2.47. The first-order chi connectivity index (χ1) is 80.0. The van der Waals surface area contributed by atoms with Crippen molar-refractivity contribution in [3.05, 3.63) is 116 Å². The van der Waals surface area contributed by atoms with Gasteiger partial charge in [0.2, 0.25) is 0 Å². The molecule has 10 aliphatic rings. The van der Waals surface area contributed by atoms with Crippen LogP contribution in [0.1, 0.15) is 322 Å². The second-order valence-corrected chi connectivity index (χ2v) is 31.8. The van der Waals surface area contributed by atoms with Crippen molar-refractivity contribution in [3.8, 4) is 57.5 Å². The van der Waals surface area contributed by atoms with Gasteiger partial charge in [0, 0.05) is 156 Å². The third-order valence-corrected chi connectivity index (χ3v) is 21.6. The fraction of sp³-hybridized carbons (Fsp3) is 0.694. The van der Waals surface area contributed by atoms with Crippen LogP contribution in [0.2, 0.25) is 0 Å². The molecule has 10 heterocycles. The van der Waals surface area contributed by atoms with E-state index in [0.717, 1.165) is 42.8 Å². The first-order valence-corrected chi connectivity index (χ1v) is 38.8. The first-order valence-electron chi connectivity index (χ1n) is 68.8. The van der Waals surface area contributed by atoms with Crippen LogP contribution < -0.4 is 47.4 Å². The van der Waals surface area contributed by atoms with Crippen LogP contribution >= 0.6 is 0 Å². The largest absolute Gasteiger partial charge is 0.493 e. The highest BCUT2D eigenvalue weighted by Crippen LogP contribution is 2.51. The summed E-state index contributed by atoms with van der Waals surface area (Å²) in [7, 11) is 3.54. The summed E-state index contributed by atoms with van der Waals surface area (Å²) in [4.78, 5) is 5.25. The Labute approximate surface area is 793 Å². The van der Waals surface area contributed by atoms with E-state index in [1.54, 1.807) is 0 Å². The van der Waals surface area contributed by atoms with Gasteiger partial charge in [0.1, 0.15) is 0 Å². The van der Waals surface area contributed by atoms with Crippen molar-refractivity contribution in [3.63, 3.8) is 0 Å². The Morgan fingerprint density at radius 1 is 0.331 bits per heavy atom. The van der Waals surface area contributed by atoms with Gasteiger partial charge in [-0.15, -0.1) is 0 Å². The SMILES string of the molecule is [2H]c1c(OC([2H])([2H])[2H])c(OC)c([2H])c2c1C1CC(O)C(C([2H])([2H])C(C)(C([2H])([2H])[2H])C([2H])([2H])[2H])CN1C([2H])([2H])C2([2H])[2H].[2H]c1c(OC([2H])([2H])[2H])c(OC)c([2H])c2c1C1CC(O)C(CC(C)C)CN1C([2H])([2H])C2([2H])[2H].[2H]c1c(OC)c(OC)c([2H])c2c1C1CC(O)C(C([2H])([2H])C(C)(C([2H])([2H])[2H])C([2H])([2H])[2H])CN1C([2H])([2H])C2([2H])[2H].[2H]c1c(OC)c(OC)c([2H])c2c1C1CC(O)C(C([2H])([2H])C(C)(C([2H])([2H])[2H])C([2H])([2H])[2H])CN1C([2H])([2H])C2([2H])[2H].[2H]c1c(OC)c(OC)c([2H])c2c1C1CC(O)C(CC(C)C)CN1C([2H])([2H])C2([2H])[2H]. The molecule has 5 saturated heterocycles. The van der Waals surface area contributed by atoms with E-state index in [4.69, 9.17) is 130 Å². The van der Waals surface area contributed by atoms with Crippen LogP contribution in [-0.2, 0) is 31.9 Å². The third kappa shape index (κ3) is 22.2. The zero-order chi connectivity index (χ0) is 138. The monoisotopic (exact) mass is 1700 g/mol. The van der Waals surface area contributed by atoms with Gasteiger partial charge in [-0.05, 0) is 270 Å². The normalized spacial score (nSPS) is 40.3. The van der Waals surface area contributed by atoms with Crippen LogP contribution in [0.5, 0.6) is 57.5 Å². The molecule has 15 unspecified atom stereocenters. The third-order valence-electron chi connectivity index (χ3n) is 21.6. The summed E-state index contributed by atoms with van der Waals surface area (Å²) in [6.07, 6.45) is -30.6. The molecule has 5 N–H and O–H groups in total. The topological polar surface area (TPSA) is 210 Å². The Hall–Kier alpha value is -6.30. The lowest BCUT2D eigenvalue weighted by Crippen LogP contribution is -2.48. The molecule has 0 aromatic heterocycles. The molecule has 0 spiro atoms. The van der Waals surface area contributed by atoms with E-state index >= 15 is 0 Å².